The van der Waals surface area contributed by atoms with E-state index in [-0.39, 0.29) is 18.0 Å². The van der Waals surface area contributed by atoms with E-state index in [9.17, 15) is 4.79 Å². The fraction of sp³-hybridized carbons (Fsp3) is 0.529. The van der Waals surface area contributed by atoms with Crippen molar-refractivity contribution in [1.29, 1.82) is 0 Å². The molecule has 1 aromatic carbocycles. The normalized spacial score (nSPS) is 34.0. The zero-order valence-corrected chi connectivity index (χ0v) is 12.2. The molecule has 0 N–H and O–H groups in total. The van der Waals surface area contributed by atoms with Crippen LogP contribution in [0, 0.1) is 0 Å². The summed E-state index contributed by atoms with van der Waals surface area (Å²) in [6.07, 6.45) is 6.23. The maximum absolute atomic E-state index is 12.5. The van der Waals surface area contributed by atoms with Gasteiger partial charge in [0.05, 0.1) is 5.69 Å². The number of nitrogens with zero attached hydrogens (tertiary/aromatic N) is 2. The maximum Gasteiger partial charge on any atom is 0.319 e. The van der Waals surface area contributed by atoms with Crippen LogP contribution in [-0.2, 0) is 9.53 Å². The van der Waals surface area contributed by atoms with Gasteiger partial charge in [0, 0.05) is 18.3 Å². The van der Waals surface area contributed by atoms with Crippen LogP contribution in [0.3, 0.4) is 0 Å². The molecule has 0 aliphatic carbocycles. The first-order valence-electron chi connectivity index (χ1n) is 7.78. The molecule has 21 heavy (non-hydrogen) atoms. The van der Waals surface area contributed by atoms with Crippen molar-refractivity contribution in [1.82, 2.24) is 4.90 Å². The molecule has 3 aliphatic rings. The first kappa shape index (κ1) is 13.0. The lowest BCUT2D eigenvalue weighted by Gasteiger charge is -2.36. The number of hydrogen-bond donors (Lipinski definition) is 0. The van der Waals surface area contributed by atoms with Gasteiger partial charge in [0.25, 0.3) is 0 Å². The fourth-order valence-electron chi connectivity index (χ4n) is 3.99. The van der Waals surface area contributed by atoms with Crippen LogP contribution >= 0.6 is 0 Å². The summed E-state index contributed by atoms with van der Waals surface area (Å²) in [6.45, 7) is 0. The summed E-state index contributed by atoms with van der Waals surface area (Å²) in [5.41, 5.74) is 1.86. The molecule has 0 saturated carbocycles. The summed E-state index contributed by atoms with van der Waals surface area (Å²) in [4.78, 5) is 19.2. The fourth-order valence-corrected chi connectivity index (χ4v) is 3.99. The minimum Gasteiger partial charge on any atom is -0.462 e. The second kappa shape index (κ2) is 4.95. The third-order valence-electron chi connectivity index (χ3n) is 5.23. The van der Waals surface area contributed by atoms with Crippen LogP contribution in [0.4, 0.5) is 5.69 Å². The first-order chi connectivity index (χ1) is 10.2. The third-order valence-corrected chi connectivity index (χ3v) is 5.23. The van der Waals surface area contributed by atoms with E-state index in [1.807, 2.05) is 24.3 Å². The van der Waals surface area contributed by atoms with Gasteiger partial charge in [0.1, 0.15) is 12.0 Å². The molecule has 2 saturated heterocycles. The molecule has 3 heterocycles. The number of carbonyl (C=O) groups is 1. The van der Waals surface area contributed by atoms with Gasteiger partial charge in [-0.3, -0.25) is 9.79 Å². The predicted octanol–water partition coefficient (Wildman–Crippen LogP) is 2.65. The lowest BCUT2D eigenvalue weighted by molar-refractivity contribution is -0.152. The van der Waals surface area contributed by atoms with Crippen molar-refractivity contribution in [3.63, 3.8) is 0 Å². The van der Waals surface area contributed by atoms with E-state index in [4.69, 9.17) is 4.74 Å². The molecule has 4 heteroatoms. The Labute approximate surface area is 124 Å². The van der Waals surface area contributed by atoms with E-state index in [0.717, 1.165) is 24.1 Å². The number of carbonyl (C=O) groups excluding carboxylic acids is 1. The van der Waals surface area contributed by atoms with Gasteiger partial charge in [-0.1, -0.05) is 18.2 Å². The van der Waals surface area contributed by atoms with Crippen LogP contribution in [-0.4, -0.2) is 42.3 Å². The summed E-state index contributed by atoms with van der Waals surface area (Å²) in [5.74, 6) is -0.462. The second-order valence-electron chi connectivity index (χ2n) is 6.40. The van der Waals surface area contributed by atoms with Crippen molar-refractivity contribution in [2.75, 3.05) is 7.05 Å². The Kier molecular flexibility index (Phi) is 3.07. The van der Waals surface area contributed by atoms with E-state index in [0.29, 0.717) is 12.1 Å². The van der Waals surface area contributed by atoms with E-state index >= 15 is 0 Å². The van der Waals surface area contributed by atoms with Crippen LogP contribution in [0.15, 0.2) is 29.3 Å². The van der Waals surface area contributed by atoms with Crippen LogP contribution in [0.5, 0.6) is 0 Å². The Bertz CT molecular complexity index is 584. The average molecular weight is 284 g/mol. The number of ether oxygens (including phenoxy) is 1. The third kappa shape index (κ3) is 2.18. The second-order valence-corrected chi connectivity index (χ2v) is 6.40. The minimum atomic E-state index is -0.321. The minimum absolute atomic E-state index is 0.0763. The number of fused-ring (bicyclic) bond motifs is 3. The molecule has 0 spiro atoms. The Morgan fingerprint density at radius 2 is 1.95 bits per heavy atom. The van der Waals surface area contributed by atoms with Gasteiger partial charge in [0.2, 0.25) is 0 Å². The van der Waals surface area contributed by atoms with Gasteiger partial charge in [-0.15, -0.1) is 0 Å². The number of para-hydroxylation sites is 1. The average Bonchev–Trinajstić information content (AvgIpc) is 2.98. The van der Waals surface area contributed by atoms with Gasteiger partial charge < -0.3 is 9.64 Å². The number of piperidine rings is 1. The Balaban J connectivity index is 1.45. The van der Waals surface area contributed by atoms with Gasteiger partial charge in [-0.05, 0) is 44.4 Å². The van der Waals surface area contributed by atoms with Crippen molar-refractivity contribution in [2.45, 2.75) is 49.8 Å². The van der Waals surface area contributed by atoms with E-state index < -0.39 is 0 Å². The molecule has 0 radical (unpaired) electrons. The topological polar surface area (TPSA) is 41.9 Å². The summed E-state index contributed by atoms with van der Waals surface area (Å²) in [7, 11) is 2.19. The van der Waals surface area contributed by atoms with Crippen molar-refractivity contribution in [2.24, 2.45) is 4.99 Å². The van der Waals surface area contributed by atoms with Crippen molar-refractivity contribution >= 4 is 17.9 Å². The monoisotopic (exact) mass is 284 g/mol. The van der Waals surface area contributed by atoms with Crippen molar-refractivity contribution in [3.8, 4) is 0 Å². The summed E-state index contributed by atoms with van der Waals surface area (Å²) >= 11 is 0. The first-order valence-corrected chi connectivity index (χ1v) is 7.78. The quantitative estimate of drug-likeness (QED) is 0.784. The van der Waals surface area contributed by atoms with Crippen LogP contribution < -0.4 is 0 Å². The highest BCUT2D eigenvalue weighted by molar-refractivity contribution is 6.01. The number of esters is 1. The largest absolute Gasteiger partial charge is 0.462 e. The van der Waals surface area contributed by atoms with Crippen LogP contribution in [0.1, 0.15) is 37.2 Å². The molecule has 4 nitrogen and oxygen atoms in total. The van der Waals surface area contributed by atoms with Crippen molar-refractivity contribution in [3.05, 3.63) is 29.8 Å². The van der Waals surface area contributed by atoms with Crippen molar-refractivity contribution < 1.29 is 9.53 Å². The SMILES string of the molecule is CN1[C@@H]2CC[C@H]1CC(OC(=O)C1C=Nc3ccccc31)C2. The smallest absolute Gasteiger partial charge is 0.319 e. The highest BCUT2D eigenvalue weighted by Crippen LogP contribution is 2.37. The van der Waals surface area contributed by atoms with Gasteiger partial charge in [-0.2, -0.15) is 0 Å². The molecular weight excluding hydrogens is 264 g/mol. The summed E-state index contributed by atoms with van der Waals surface area (Å²) in [6, 6.07) is 8.97. The highest BCUT2D eigenvalue weighted by Gasteiger charge is 2.40. The Morgan fingerprint density at radius 1 is 1.24 bits per heavy atom. The predicted molar refractivity (Wildman–Crippen MR) is 81.0 cm³/mol. The van der Waals surface area contributed by atoms with Gasteiger partial charge >= 0.3 is 5.97 Å². The molecule has 110 valence electrons. The van der Waals surface area contributed by atoms with Crippen LogP contribution in [0.25, 0.3) is 0 Å². The number of benzene rings is 1. The molecule has 4 atom stereocenters. The molecule has 0 aromatic heterocycles. The maximum atomic E-state index is 12.5. The number of rotatable bonds is 2. The molecule has 3 aliphatic heterocycles. The van der Waals surface area contributed by atoms with Gasteiger partial charge in [0.15, 0.2) is 0 Å². The summed E-state index contributed by atoms with van der Waals surface area (Å²) < 4.78 is 5.80. The number of aliphatic imine (C=N–C) groups is 1. The van der Waals surface area contributed by atoms with Crippen LogP contribution in [0.2, 0.25) is 0 Å². The Hall–Kier alpha value is -1.68. The molecule has 2 bridgehead atoms. The molecule has 4 rings (SSSR count). The number of hydrogen-bond acceptors (Lipinski definition) is 4. The highest BCUT2D eigenvalue weighted by atomic mass is 16.5. The lowest BCUT2D eigenvalue weighted by Crippen LogP contribution is -2.43. The Morgan fingerprint density at radius 3 is 2.71 bits per heavy atom. The summed E-state index contributed by atoms with van der Waals surface area (Å²) in [5, 5.41) is 0. The lowest BCUT2D eigenvalue weighted by atomic mass is 9.99. The zero-order valence-electron chi connectivity index (χ0n) is 12.2. The molecular formula is C17H20N2O2. The van der Waals surface area contributed by atoms with E-state index in [2.05, 4.69) is 16.9 Å². The standard InChI is InChI=1S/C17H20N2O2/c1-19-11-6-7-12(19)9-13(8-11)21-17(20)15-10-18-16-5-3-2-4-14(15)16/h2-5,10-13,15H,6-9H2,1H3/t11-,12+,13?,15?. The molecule has 0 amide bonds. The molecule has 2 fully saturated rings. The zero-order chi connectivity index (χ0) is 14.4. The molecule has 1 aromatic rings. The van der Waals surface area contributed by atoms with E-state index in [1.165, 1.54) is 12.8 Å². The molecule has 2 unspecified atom stereocenters. The van der Waals surface area contributed by atoms with Gasteiger partial charge in [-0.25, -0.2) is 0 Å². The van der Waals surface area contributed by atoms with E-state index in [1.54, 1.807) is 6.21 Å².